The molecule has 0 saturated carbocycles. The van der Waals surface area contributed by atoms with Gasteiger partial charge in [0.1, 0.15) is 5.60 Å². The number of carbonyl (C=O) groups excluding carboxylic acids is 1. The molecule has 2 aliphatic heterocycles. The van der Waals surface area contributed by atoms with Crippen LogP contribution in [0.4, 0.5) is 0 Å². The third-order valence-corrected chi connectivity index (χ3v) is 5.22. The Labute approximate surface area is 153 Å². The fraction of sp³-hybridized carbons (Fsp3) is 0.450. The second kappa shape index (κ2) is 7.13. The SMILES string of the molecule is Cc1cncc(C(=O)N2CC3(C2)OCCC3COCc2ccccn2)c1. The highest BCUT2D eigenvalue weighted by Gasteiger charge is 2.54. The molecule has 2 aromatic heterocycles. The van der Waals surface area contributed by atoms with Crippen LogP contribution >= 0.6 is 0 Å². The molecule has 1 unspecified atom stereocenters. The number of hydrogen-bond acceptors (Lipinski definition) is 5. The summed E-state index contributed by atoms with van der Waals surface area (Å²) in [5, 5.41) is 0. The summed E-state index contributed by atoms with van der Waals surface area (Å²) in [4.78, 5) is 22.8. The van der Waals surface area contributed by atoms with Crippen LogP contribution in [-0.2, 0) is 16.1 Å². The van der Waals surface area contributed by atoms with Gasteiger partial charge in [0.2, 0.25) is 0 Å². The van der Waals surface area contributed by atoms with Gasteiger partial charge >= 0.3 is 0 Å². The molecule has 4 heterocycles. The summed E-state index contributed by atoms with van der Waals surface area (Å²) >= 11 is 0. The number of pyridine rings is 2. The molecule has 1 amide bonds. The average molecular weight is 353 g/mol. The van der Waals surface area contributed by atoms with Crippen molar-refractivity contribution in [3.8, 4) is 0 Å². The fourth-order valence-corrected chi connectivity index (χ4v) is 3.76. The lowest BCUT2D eigenvalue weighted by molar-refractivity contribution is -0.129. The Morgan fingerprint density at radius 2 is 2.27 bits per heavy atom. The molecule has 136 valence electrons. The molecule has 0 bridgehead atoms. The van der Waals surface area contributed by atoms with E-state index in [9.17, 15) is 4.79 Å². The van der Waals surface area contributed by atoms with Crippen LogP contribution in [0.3, 0.4) is 0 Å². The Morgan fingerprint density at radius 1 is 1.38 bits per heavy atom. The lowest BCUT2D eigenvalue weighted by Crippen LogP contribution is -2.66. The first-order valence-corrected chi connectivity index (χ1v) is 8.99. The highest BCUT2D eigenvalue weighted by Crippen LogP contribution is 2.40. The molecule has 0 aliphatic carbocycles. The van der Waals surface area contributed by atoms with Crippen molar-refractivity contribution in [2.24, 2.45) is 5.92 Å². The number of carbonyl (C=O) groups is 1. The summed E-state index contributed by atoms with van der Waals surface area (Å²) in [7, 11) is 0. The summed E-state index contributed by atoms with van der Waals surface area (Å²) in [6.45, 7) is 5.05. The maximum atomic E-state index is 12.6. The van der Waals surface area contributed by atoms with E-state index in [2.05, 4.69) is 9.97 Å². The average Bonchev–Trinajstić information content (AvgIpc) is 3.05. The highest BCUT2D eigenvalue weighted by atomic mass is 16.5. The molecule has 4 rings (SSSR count). The summed E-state index contributed by atoms with van der Waals surface area (Å²) in [6, 6.07) is 7.69. The van der Waals surface area contributed by atoms with Crippen molar-refractivity contribution in [3.05, 3.63) is 59.7 Å². The van der Waals surface area contributed by atoms with Crippen molar-refractivity contribution in [2.75, 3.05) is 26.3 Å². The zero-order valence-electron chi connectivity index (χ0n) is 14.9. The first-order valence-electron chi connectivity index (χ1n) is 8.99. The van der Waals surface area contributed by atoms with E-state index in [0.29, 0.717) is 37.8 Å². The molecule has 0 N–H and O–H groups in total. The Hall–Kier alpha value is -2.31. The second-order valence-corrected chi connectivity index (χ2v) is 7.15. The van der Waals surface area contributed by atoms with Gasteiger partial charge < -0.3 is 14.4 Å². The number of amides is 1. The van der Waals surface area contributed by atoms with Crippen LogP contribution in [0.25, 0.3) is 0 Å². The molecule has 2 aromatic rings. The molecular formula is C20H23N3O3. The van der Waals surface area contributed by atoms with Gasteiger partial charge in [-0.15, -0.1) is 0 Å². The molecule has 1 atom stereocenters. The maximum Gasteiger partial charge on any atom is 0.255 e. The first-order chi connectivity index (χ1) is 12.7. The van der Waals surface area contributed by atoms with Gasteiger partial charge in [0, 0.05) is 31.1 Å². The van der Waals surface area contributed by atoms with E-state index in [1.807, 2.05) is 36.1 Å². The standard InChI is InChI=1S/C20H23N3O3/c1-15-8-16(10-21-9-15)19(24)23-13-20(14-23)17(5-7-26-20)11-25-12-18-4-2-3-6-22-18/h2-4,6,8-10,17H,5,7,11-14H2,1H3. The molecule has 1 spiro atoms. The van der Waals surface area contributed by atoms with Crippen LogP contribution < -0.4 is 0 Å². The second-order valence-electron chi connectivity index (χ2n) is 7.15. The van der Waals surface area contributed by atoms with E-state index in [1.165, 1.54) is 0 Å². The Kier molecular flexibility index (Phi) is 4.70. The van der Waals surface area contributed by atoms with Gasteiger partial charge in [-0.2, -0.15) is 0 Å². The maximum absolute atomic E-state index is 12.6. The predicted molar refractivity (Wildman–Crippen MR) is 95.6 cm³/mol. The van der Waals surface area contributed by atoms with Gasteiger partial charge in [-0.3, -0.25) is 14.8 Å². The summed E-state index contributed by atoms with van der Waals surface area (Å²) in [5.74, 6) is 0.335. The van der Waals surface area contributed by atoms with Crippen molar-refractivity contribution in [1.82, 2.24) is 14.9 Å². The number of hydrogen-bond donors (Lipinski definition) is 0. The smallest absolute Gasteiger partial charge is 0.255 e. The summed E-state index contributed by atoms with van der Waals surface area (Å²) in [5.41, 5.74) is 2.31. The lowest BCUT2D eigenvalue weighted by Gasteiger charge is -2.50. The van der Waals surface area contributed by atoms with Gasteiger partial charge in [0.15, 0.2) is 0 Å². The van der Waals surface area contributed by atoms with Gasteiger partial charge in [-0.25, -0.2) is 0 Å². The van der Waals surface area contributed by atoms with Gasteiger partial charge in [-0.05, 0) is 37.1 Å². The minimum Gasteiger partial charge on any atom is -0.375 e. The normalized spacial score (nSPS) is 21.0. The topological polar surface area (TPSA) is 64.6 Å². The van der Waals surface area contributed by atoms with Crippen molar-refractivity contribution in [2.45, 2.75) is 25.6 Å². The molecule has 26 heavy (non-hydrogen) atoms. The molecule has 6 nitrogen and oxygen atoms in total. The number of ether oxygens (including phenoxy) is 2. The summed E-state index contributed by atoms with van der Waals surface area (Å²) < 4.78 is 11.9. The quantitative estimate of drug-likeness (QED) is 0.825. The molecule has 2 fully saturated rings. The first kappa shape index (κ1) is 17.1. The molecule has 2 saturated heterocycles. The van der Waals surface area contributed by atoms with Crippen LogP contribution in [0.5, 0.6) is 0 Å². The molecule has 6 heteroatoms. The van der Waals surface area contributed by atoms with Crippen molar-refractivity contribution < 1.29 is 14.3 Å². The largest absolute Gasteiger partial charge is 0.375 e. The lowest BCUT2D eigenvalue weighted by atomic mass is 9.81. The van der Waals surface area contributed by atoms with Crippen LogP contribution in [0.15, 0.2) is 42.9 Å². The van der Waals surface area contributed by atoms with E-state index >= 15 is 0 Å². The Bertz CT molecular complexity index is 775. The molecule has 0 radical (unpaired) electrons. The van der Waals surface area contributed by atoms with Crippen LogP contribution in [0, 0.1) is 12.8 Å². The van der Waals surface area contributed by atoms with Crippen LogP contribution in [0.1, 0.15) is 28.0 Å². The Morgan fingerprint density at radius 3 is 3.04 bits per heavy atom. The zero-order valence-corrected chi connectivity index (χ0v) is 14.9. The molecule has 0 aromatic carbocycles. The number of aromatic nitrogens is 2. The monoisotopic (exact) mass is 353 g/mol. The number of nitrogens with zero attached hydrogens (tertiary/aromatic N) is 3. The minimum absolute atomic E-state index is 0.0236. The predicted octanol–water partition coefficient (Wildman–Crippen LogP) is 2.23. The van der Waals surface area contributed by atoms with E-state index in [4.69, 9.17) is 9.47 Å². The third-order valence-electron chi connectivity index (χ3n) is 5.22. The van der Waals surface area contributed by atoms with Crippen molar-refractivity contribution >= 4 is 5.91 Å². The number of aryl methyl sites for hydroxylation is 1. The minimum atomic E-state index is -0.253. The van der Waals surface area contributed by atoms with E-state index in [0.717, 1.165) is 24.3 Å². The third kappa shape index (κ3) is 3.34. The number of likely N-dealkylation sites (tertiary alicyclic amines) is 1. The van der Waals surface area contributed by atoms with Crippen molar-refractivity contribution in [3.63, 3.8) is 0 Å². The van der Waals surface area contributed by atoms with Gasteiger partial charge in [0.25, 0.3) is 5.91 Å². The van der Waals surface area contributed by atoms with Crippen LogP contribution in [0.2, 0.25) is 0 Å². The fourth-order valence-electron chi connectivity index (χ4n) is 3.76. The highest BCUT2D eigenvalue weighted by molar-refractivity contribution is 5.94. The molecular weight excluding hydrogens is 330 g/mol. The van der Waals surface area contributed by atoms with E-state index < -0.39 is 0 Å². The Balaban J connectivity index is 1.32. The van der Waals surface area contributed by atoms with Gasteiger partial charge in [-0.1, -0.05) is 6.07 Å². The van der Waals surface area contributed by atoms with Crippen molar-refractivity contribution in [1.29, 1.82) is 0 Å². The zero-order chi connectivity index (χ0) is 18.0. The van der Waals surface area contributed by atoms with Crippen LogP contribution in [-0.4, -0.2) is 52.7 Å². The van der Waals surface area contributed by atoms with Gasteiger partial charge in [0.05, 0.1) is 37.6 Å². The van der Waals surface area contributed by atoms with E-state index in [-0.39, 0.29) is 11.5 Å². The van der Waals surface area contributed by atoms with E-state index in [1.54, 1.807) is 18.6 Å². The molecule has 2 aliphatic rings. The summed E-state index contributed by atoms with van der Waals surface area (Å²) in [6.07, 6.45) is 6.12. The number of rotatable bonds is 5.